The molecule has 30 heavy (non-hydrogen) atoms. The fourth-order valence-corrected chi connectivity index (χ4v) is 3.83. The van der Waals surface area contributed by atoms with E-state index in [0.717, 1.165) is 40.1 Å². The molecule has 1 amide bonds. The number of H-pyrrole nitrogens is 1. The molecule has 156 valence electrons. The van der Waals surface area contributed by atoms with Gasteiger partial charge in [0.25, 0.3) is 0 Å². The van der Waals surface area contributed by atoms with Crippen molar-refractivity contribution < 1.29 is 14.3 Å². The molecule has 4 rings (SSSR count). The number of fused-ring (bicyclic) bond motifs is 1. The predicted molar refractivity (Wildman–Crippen MR) is 114 cm³/mol. The molecule has 1 aliphatic heterocycles. The highest BCUT2D eigenvalue weighted by Crippen LogP contribution is 2.39. The predicted octanol–water partition coefficient (Wildman–Crippen LogP) is 3.93. The van der Waals surface area contributed by atoms with Crippen LogP contribution < -0.4 is 9.47 Å². The standard InChI is InChI=1S/C22H23ClN4O3/c1-13-9-21(17(10-18(13)23)15-5-4-7-24-22(15)29-3)30-12-20-16-6-8-27(14(2)28)11-19(16)25-26-20/h4-5,7,9-10H,6,8,11-12H2,1-3H3,(H,25,26). The number of amides is 1. The Bertz CT molecular complexity index is 1100. The number of carbonyl (C=O) groups is 1. The van der Waals surface area contributed by atoms with Crippen molar-refractivity contribution in [3.63, 3.8) is 0 Å². The molecule has 0 radical (unpaired) electrons. The highest BCUT2D eigenvalue weighted by molar-refractivity contribution is 6.31. The molecule has 1 aliphatic rings. The van der Waals surface area contributed by atoms with Gasteiger partial charge in [0.2, 0.25) is 11.8 Å². The van der Waals surface area contributed by atoms with Gasteiger partial charge in [-0.05, 0) is 43.2 Å². The Labute approximate surface area is 180 Å². The van der Waals surface area contributed by atoms with E-state index in [4.69, 9.17) is 21.1 Å². The molecule has 8 heteroatoms. The SMILES string of the molecule is COc1ncccc1-c1cc(Cl)c(C)cc1OCc1n[nH]c2c1CCN(C(C)=O)C2. The highest BCUT2D eigenvalue weighted by atomic mass is 35.5. The third kappa shape index (κ3) is 3.85. The molecule has 0 aliphatic carbocycles. The van der Waals surface area contributed by atoms with Gasteiger partial charge in [-0.1, -0.05) is 11.6 Å². The van der Waals surface area contributed by atoms with E-state index in [1.54, 1.807) is 25.1 Å². The molecule has 2 aromatic heterocycles. The smallest absolute Gasteiger partial charge is 0.221 e. The van der Waals surface area contributed by atoms with Crippen molar-refractivity contribution >= 4 is 17.5 Å². The van der Waals surface area contributed by atoms with Gasteiger partial charge in [0.05, 0.1) is 19.3 Å². The number of ether oxygens (including phenoxy) is 2. The summed E-state index contributed by atoms with van der Waals surface area (Å²) in [4.78, 5) is 17.7. The van der Waals surface area contributed by atoms with E-state index >= 15 is 0 Å². The summed E-state index contributed by atoms with van der Waals surface area (Å²) in [6.45, 7) is 5.07. The number of nitrogens with one attached hydrogen (secondary N) is 1. The van der Waals surface area contributed by atoms with Gasteiger partial charge >= 0.3 is 0 Å². The first-order valence-electron chi connectivity index (χ1n) is 9.70. The normalized spacial score (nSPS) is 13.1. The number of methoxy groups -OCH3 is 1. The maximum Gasteiger partial charge on any atom is 0.221 e. The molecule has 1 N–H and O–H groups in total. The number of nitrogens with zero attached hydrogens (tertiary/aromatic N) is 3. The molecule has 0 saturated heterocycles. The van der Waals surface area contributed by atoms with E-state index in [2.05, 4.69) is 15.2 Å². The van der Waals surface area contributed by atoms with Gasteiger partial charge in [-0.15, -0.1) is 0 Å². The molecule has 0 unspecified atom stereocenters. The van der Waals surface area contributed by atoms with Crippen molar-refractivity contribution in [2.24, 2.45) is 0 Å². The van der Waals surface area contributed by atoms with Gasteiger partial charge in [-0.25, -0.2) is 4.98 Å². The first kappa shape index (κ1) is 20.2. The minimum atomic E-state index is 0.0692. The summed E-state index contributed by atoms with van der Waals surface area (Å²) in [6.07, 6.45) is 2.44. The summed E-state index contributed by atoms with van der Waals surface area (Å²) in [6, 6.07) is 7.56. The number of rotatable bonds is 5. The molecule has 3 aromatic rings. The van der Waals surface area contributed by atoms with Crippen molar-refractivity contribution in [1.29, 1.82) is 0 Å². The van der Waals surface area contributed by atoms with Crippen LogP contribution in [0, 0.1) is 6.92 Å². The van der Waals surface area contributed by atoms with Gasteiger partial charge in [0.1, 0.15) is 18.1 Å². The number of aryl methyl sites for hydroxylation is 1. The van der Waals surface area contributed by atoms with Gasteiger partial charge in [-0.3, -0.25) is 9.89 Å². The molecule has 3 heterocycles. The Balaban J connectivity index is 1.62. The number of pyridine rings is 1. The molecular formula is C22H23ClN4O3. The van der Waals surface area contributed by atoms with Crippen LogP contribution in [-0.4, -0.2) is 39.6 Å². The van der Waals surface area contributed by atoms with Gasteiger partial charge in [0.15, 0.2) is 0 Å². The Hall–Kier alpha value is -3.06. The van der Waals surface area contributed by atoms with Crippen LogP contribution in [0.5, 0.6) is 11.6 Å². The van der Waals surface area contributed by atoms with E-state index < -0.39 is 0 Å². The quantitative estimate of drug-likeness (QED) is 0.668. The number of hydrogen-bond donors (Lipinski definition) is 1. The van der Waals surface area contributed by atoms with Crippen LogP contribution in [0.3, 0.4) is 0 Å². The van der Waals surface area contributed by atoms with Gasteiger partial charge in [-0.2, -0.15) is 5.10 Å². The minimum absolute atomic E-state index is 0.0692. The third-order valence-electron chi connectivity index (χ3n) is 5.34. The fourth-order valence-electron chi connectivity index (χ4n) is 3.66. The zero-order chi connectivity index (χ0) is 21.3. The maximum atomic E-state index is 11.7. The van der Waals surface area contributed by atoms with Crippen LogP contribution in [0.25, 0.3) is 11.1 Å². The van der Waals surface area contributed by atoms with E-state index in [0.29, 0.717) is 36.3 Å². The Morgan fingerprint density at radius 2 is 2.17 bits per heavy atom. The van der Waals surface area contributed by atoms with Crippen LogP contribution in [0.2, 0.25) is 5.02 Å². The second-order valence-corrected chi connectivity index (χ2v) is 7.67. The number of aromatic nitrogens is 3. The van der Waals surface area contributed by atoms with Crippen molar-refractivity contribution in [3.05, 3.63) is 58.0 Å². The second kappa shape index (κ2) is 8.36. The molecule has 0 bridgehead atoms. The van der Waals surface area contributed by atoms with E-state index in [9.17, 15) is 4.79 Å². The molecular weight excluding hydrogens is 404 g/mol. The topological polar surface area (TPSA) is 80.3 Å². The zero-order valence-corrected chi connectivity index (χ0v) is 17.9. The van der Waals surface area contributed by atoms with Crippen LogP contribution in [0.1, 0.15) is 29.4 Å². The minimum Gasteiger partial charge on any atom is -0.487 e. The summed E-state index contributed by atoms with van der Waals surface area (Å²) in [7, 11) is 1.59. The first-order chi connectivity index (χ1) is 14.5. The van der Waals surface area contributed by atoms with Crippen molar-refractivity contribution in [2.75, 3.05) is 13.7 Å². The number of halogens is 1. The molecule has 0 saturated carbocycles. The Morgan fingerprint density at radius 3 is 2.93 bits per heavy atom. The number of benzene rings is 1. The van der Waals surface area contributed by atoms with Crippen molar-refractivity contribution in [2.45, 2.75) is 33.4 Å². The summed E-state index contributed by atoms with van der Waals surface area (Å²) >= 11 is 6.40. The maximum absolute atomic E-state index is 11.7. The van der Waals surface area contributed by atoms with E-state index in [-0.39, 0.29) is 5.91 Å². The van der Waals surface area contributed by atoms with Crippen LogP contribution >= 0.6 is 11.6 Å². The van der Waals surface area contributed by atoms with E-state index in [1.807, 2.05) is 31.2 Å². The third-order valence-corrected chi connectivity index (χ3v) is 5.75. The summed E-state index contributed by atoms with van der Waals surface area (Å²) in [5.41, 5.74) is 5.47. The zero-order valence-electron chi connectivity index (χ0n) is 17.2. The fraction of sp³-hybridized carbons (Fsp3) is 0.318. The summed E-state index contributed by atoms with van der Waals surface area (Å²) in [5, 5.41) is 8.13. The molecule has 7 nitrogen and oxygen atoms in total. The number of hydrogen-bond acceptors (Lipinski definition) is 5. The lowest BCUT2D eigenvalue weighted by Gasteiger charge is -2.25. The van der Waals surface area contributed by atoms with Gasteiger partial charge in [0, 0.05) is 41.4 Å². The average Bonchev–Trinajstić information content (AvgIpc) is 3.16. The molecule has 1 aromatic carbocycles. The monoisotopic (exact) mass is 426 g/mol. The van der Waals surface area contributed by atoms with Crippen LogP contribution in [0.15, 0.2) is 30.5 Å². The summed E-state index contributed by atoms with van der Waals surface area (Å²) < 4.78 is 11.6. The lowest BCUT2D eigenvalue weighted by atomic mass is 10.0. The first-order valence-corrected chi connectivity index (χ1v) is 10.1. The second-order valence-electron chi connectivity index (χ2n) is 7.26. The van der Waals surface area contributed by atoms with Gasteiger partial charge < -0.3 is 14.4 Å². The van der Waals surface area contributed by atoms with Crippen molar-refractivity contribution in [3.8, 4) is 22.8 Å². The lowest BCUT2D eigenvalue weighted by Crippen LogP contribution is -2.34. The van der Waals surface area contributed by atoms with Crippen LogP contribution in [-0.2, 0) is 24.4 Å². The Kier molecular flexibility index (Phi) is 5.63. The number of aromatic amines is 1. The highest BCUT2D eigenvalue weighted by Gasteiger charge is 2.24. The average molecular weight is 427 g/mol. The Morgan fingerprint density at radius 1 is 1.33 bits per heavy atom. The number of carbonyl (C=O) groups excluding carboxylic acids is 1. The molecule has 0 fully saturated rings. The van der Waals surface area contributed by atoms with Crippen LogP contribution in [0.4, 0.5) is 0 Å². The summed E-state index contributed by atoms with van der Waals surface area (Å²) in [5.74, 6) is 1.25. The molecule has 0 spiro atoms. The largest absolute Gasteiger partial charge is 0.487 e. The van der Waals surface area contributed by atoms with Crippen molar-refractivity contribution in [1.82, 2.24) is 20.1 Å². The van der Waals surface area contributed by atoms with E-state index in [1.165, 1.54) is 0 Å². The lowest BCUT2D eigenvalue weighted by molar-refractivity contribution is -0.129. The molecule has 0 atom stereocenters.